The largest absolute Gasteiger partial charge is 0.416 e. The van der Waals surface area contributed by atoms with Crippen LogP contribution in [0.3, 0.4) is 0 Å². The van der Waals surface area contributed by atoms with Gasteiger partial charge in [0.1, 0.15) is 17.2 Å². The predicted octanol–water partition coefficient (Wildman–Crippen LogP) is 4.05. The van der Waals surface area contributed by atoms with Crippen molar-refractivity contribution < 1.29 is 22.4 Å². The molecule has 0 bridgehead atoms. The molecular formula is C16H11F4N3O. The number of carbonyl (C=O) groups is 1. The number of nitrogens with zero attached hydrogens (tertiary/aromatic N) is 2. The topological polar surface area (TPSA) is 46.4 Å². The van der Waals surface area contributed by atoms with Crippen LogP contribution in [0.5, 0.6) is 0 Å². The van der Waals surface area contributed by atoms with Crippen LogP contribution in [0.15, 0.2) is 42.6 Å². The van der Waals surface area contributed by atoms with Crippen molar-refractivity contribution in [1.82, 2.24) is 9.38 Å². The number of pyridine rings is 1. The Hall–Kier alpha value is -2.90. The Balaban J connectivity index is 1.90. The molecule has 0 saturated carbocycles. The maximum atomic E-state index is 13.4. The Morgan fingerprint density at radius 1 is 1.12 bits per heavy atom. The van der Waals surface area contributed by atoms with Crippen molar-refractivity contribution in [3.05, 3.63) is 65.4 Å². The summed E-state index contributed by atoms with van der Waals surface area (Å²) in [5, 5.41) is 2.49. The van der Waals surface area contributed by atoms with E-state index >= 15 is 0 Å². The second-order valence-corrected chi connectivity index (χ2v) is 5.15. The van der Waals surface area contributed by atoms with Gasteiger partial charge >= 0.3 is 6.18 Å². The molecule has 1 aromatic carbocycles. The molecule has 0 unspecified atom stereocenters. The fourth-order valence-corrected chi connectivity index (χ4v) is 2.34. The van der Waals surface area contributed by atoms with Gasteiger partial charge in [0.25, 0.3) is 5.91 Å². The lowest BCUT2D eigenvalue weighted by Gasteiger charge is -2.09. The molecule has 2 heterocycles. The van der Waals surface area contributed by atoms with Crippen LogP contribution in [0.4, 0.5) is 23.2 Å². The molecule has 2 aromatic heterocycles. The Kier molecular flexibility index (Phi) is 3.75. The standard InChI is InChI=1S/C16H11F4N3O/c1-9-14(23-8-11(17)4-7-13(23)21-9)15(24)22-12-5-2-10(3-6-12)16(18,19)20/h2-8H,1H3,(H,22,24). The SMILES string of the molecule is Cc1nc2ccc(F)cn2c1C(=O)Nc1ccc(C(F)(F)F)cc1. The zero-order valence-electron chi connectivity index (χ0n) is 12.4. The summed E-state index contributed by atoms with van der Waals surface area (Å²) in [5.41, 5.74) is 0.271. The van der Waals surface area contributed by atoms with E-state index in [-0.39, 0.29) is 11.4 Å². The number of aromatic nitrogens is 2. The molecule has 0 spiro atoms. The van der Waals surface area contributed by atoms with Gasteiger partial charge in [-0.05, 0) is 43.3 Å². The maximum Gasteiger partial charge on any atom is 0.416 e. The van der Waals surface area contributed by atoms with Crippen LogP contribution in [-0.4, -0.2) is 15.3 Å². The third-order valence-corrected chi connectivity index (χ3v) is 3.44. The van der Waals surface area contributed by atoms with Crippen molar-refractivity contribution in [3.8, 4) is 0 Å². The predicted molar refractivity (Wildman–Crippen MR) is 79.3 cm³/mol. The van der Waals surface area contributed by atoms with Gasteiger partial charge < -0.3 is 5.32 Å². The molecule has 0 aliphatic carbocycles. The van der Waals surface area contributed by atoms with Crippen molar-refractivity contribution in [2.24, 2.45) is 0 Å². The number of hydrogen-bond donors (Lipinski definition) is 1. The van der Waals surface area contributed by atoms with E-state index < -0.39 is 23.5 Å². The molecule has 0 aliphatic heterocycles. The quantitative estimate of drug-likeness (QED) is 0.717. The van der Waals surface area contributed by atoms with Crippen LogP contribution in [0.1, 0.15) is 21.7 Å². The number of fused-ring (bicyclic) bond motifs is 1. The molecule has 0 aliphatic rings. The van der Waals surface area contributed by atoms with Crippen LogP contribution in [0.2, 0.25) is 0 Å². The number of nitrogens with one attached hydrogen (secondary N) is 1. The summed E-state index contributed by atoms with van der Waals surface area (Å²) in [7, 11) is 0. The first kappa shape index (κ1) is 16.0. The number of hydrogen-bond acceptors (Lipinski definition) is 2. The van der Waals surface area contributed by atoms with Crippen molar-refractivity contribution >= 4 is 17.2 Å². The molecule has 1 amide bonds. The minimum atomic E-state index is -4.45. The smallest absolute Gasteiger partial charge is 0.321 e. The van der Waals surface area contributed by atoms with Gasteiger partial charge in [0.15, 0.2) is 0 Å². The molecule has 3 rings (SSSR count). The molecule has 0 saturated heterocycles. The number of amides is 1. The second kappa shape index (κ2) is 5.63. The molecule has 0 radical (unpaired) electrons. The summed E-state index contributed by atoms with van der Waals surface area (Å²) < 4.78 is 52.3. The monoisotopic (exact) mass is 337 g/mol. The summed E-state index contributed by atoms with van der Waals surface area (Å²) in [6, 6.07) is 6.70. The number of imidazole rings is 1. The van der Waals surface area contributed by atoms with Crippen LogP contribution in [0.25, 0.3) is 5.65 Å². The second-order valence-electron chi connectivity index (χ2n) is 5.15. The summed E-state index contributed by atoms with van der Waals surface area (Å²) in [5.74, 6) is -1.13. The van der Waals surface area contributed by atoms with E-state index in [0.717, 1.165) is 30.5 Å². The number of rotatable bonds is 2. The van der Waals surface area contributed by atoms with E-state index in [9.17, 15) is 22.4 Å². The van der Waals surface area contributed by atoms with Crippen LogP contribution in [-0.2, 0) is 6.18 Å². The van der Waals surface area contributed by atoms with Crippen LogP contribution in [0, 0.1) is 12.7 Å². The van der Waals surface area contributed by atoms with Gasteiger partial charge in [0.05, 0.1) is 11.3 Å². The lowest BCUT2D eigenvalue weighted by molar-refractivity contribution is -0.137. The molecule has 0 fully saturated rings. The van der Waals surface area contributed by atoms with Crippen LogP contribution < -0.4 is 5.32 Å². The molecule has 3 aromatic rings. The Labute approximate surface area is 133 Å². The average molecular weight is 337 g/mol. The highest BCUT2D eigenvalue weighted by atomic mass is 19.4. The number of carbonyl (C=O) groups excluding carboxylic acids is 1. The van der Waals surface area contributed by atoms with Gasteiger partial charge in [-0.1, -0.05) is 0 Å². The lowest BCUT2D eigenvalue weighted by Crippen LogP contribution is -2.16. The van der Waals surface area contributed by atoms with Gasteiger partial charge in [0, 0.05) is 11.9 Å². The summed E-state index contributed by atoms with van der Waals surface area (Å²) in [6.07, 6.45) is -3.32. The molecule has 1 N–H and O–H groups in total. The first-order valence-electron chi connectivity index (χ1n) is 6.88. The van der Waals surface area contributed by atoms with Gasteiger partial charge in [-0.15, -0.1) is 0 Å². The van der Waals surface area contributed by atoms with E-state index in [2.05, 4.69) is 10.3 Å². The number of halogens is 4. The maximum absolute atomic E-state index is 13.4. The molecule has 24 heavy (non-hydrogen) atoms. The fraction of sp³-hybridized carbons (Fsp3) is 0.125. The van der Waals surface area contributed by atoms with Crippen LogP contribution >= 0.6 is 0 Å². The number of benzene rings is 1. The first-order valence-corrected chi connectivity index (χ1v) is 6.88. The summed E-state index contributed by atoms with van der Waals surface area (Å²) in [6.45, 7) is 1.59. The highest BCUT2D eigenvalue weighted by Gasteiger charge is 2.30. The zero-order valence-corrected chi connectivity index (χ0v) is 12.4. The minimum Gasteiger partial charge on any atom is -0.321 e. The van der Waals surface area contributed by atoms with Gasteiger partial charge in [-0.25, -0.2) is 9.37 Å². The lowest BCUT2D eigenvalue weighted by atomic mass is 10.2. The molecule has 4 nitrogen and oxygen atoms in total. The van der Waals surface area contributed by atoms with E-state index in [4.69, 9.17) is 0 Å². The normalized spacial score (nSPS) is 11.7. The highest BCUT2D eigenvalue weighted by molar-refractivity contribution is 6.04. The van der Waals surface area contributed by atoms with Crippen molar-refractivity contribution in [3.63, 3.8) is 0 Å². The average Bonchev–Trinajstić information content (AvgIpc) is 2.82. The summed E-state index contributed by atoms with van der Waals surface area (Å²) in [4.78, 5) is 16.5. The van der Waals surface area contributed by atoms with E-state index in [1.165, 1.54) is 16.5 Å². The fourth-order valence-electron chi connectivity index (χ4n) is 2.34. The number of anilines is 1. The zero-order chi connectivity index (χ0) is 17.5. The molecule has 8 heteroatoms. The molecule has 0 atom stereocenters. The van der Waals surface area contributed by atoms with E-state index in [1.54, 1.807) is 6.92 Å². The van der Waals surface area contributed by atoms with E-state index in [1.807, 2.05) is 0 Å². The Morgan fingerprint density at radius 3 is 2.42 bits per heavy atom. The number of aryl methyl sites for hydroxylation is 1. The summed E-state index contributed by atoms with van der Waals surface area (Å²) >= 11 is 0. The molecular weight excluding hydrogens is 326 g/mol. The van der Waals surface area contributed by atoms with Crippen molar-refractivity contribution in [2.45, 2.75) is 13.1 Å². The molecule has 124 valence electrons. The van der Waals surface area contributed by atoms with E-state index in [0.29, 0.717) is 11.3 Å². The Morgan fingerprint density at radius 2 is 1.79 bits per heavy atom. The number of alkyl halides is 3. The highest BCUT2D eigenvalue weighted by Crippen LogP contribution is 2.30. The van der Waals surface area contributed by atoms with Crippen molar-refractivity contribution in [1.29, 1.82) is 0 Å². The van der Waals surface area contributed by atoms with Gasteiger partial charge in [-0.3, -0.25) is 9.20 Å². The van der Waals surface area contributed by atoms with Crippen molar-refractivity contribution in [2.75, 3.05) is 5.32 Å². The third kappa shape index (κ3) is 2.94. The Bertz CT molecular complexity index is 913. The minimum absolute atomic E-state index is 0.115. The van der Waals surface area contributed by atoms with Gasteiger partial charge in [0.2, 0.25) is 0 Å². The first-order chi connectivity index (χ1) is 11.3. The van der Waals surface area contributed by atoms with Gasteiger partial charge in [-0.2, -0.15) is 13.2 Å². The third-order valence-electron chi connectivity index (χ3n) is 3.44.